The van der Waals surface area contributed by atoms with Crippen LogP contribution in [0.2, 0.25) is 0 Å². The van der Waals surface area contributed by atoms with Crippen LogP contribution in [0.1, 0.15) is 18.8 Å². The molecule has 6 heteroatoms. The van der Waals surface area contributed by atoms with Gasteiger partial charge in [-0.2, -0.15) is 0 Å². The summed E-state index contributed by atoms with van der Waals surface area (Å²) < 4.78 is 28.4. The molecule has 0 saturated carbocycles. The fourth-order valence-corrected chi connectivity index (χ4v) is 3.04. The second-order valence-corrected chi connectivity index (χ2v) is 5.51. The smallest absolute Gasteiger partial charge is 0.190 e. The maximum Gasteiger partial charge on any atom is 0.190 e. The highest BCUT2D eigenvalue weighted by Crippen LogP contribution is 2.37. The molecule has 1 N–H and O–H groups in total. The Morgan fingerprint density at radius 2 is 1.81 bits per heavy atom. The van der Waals surface area contributed by atoms with Gasteiger partial charge in [-0.3, -0.25) is 0 Å². The van der Waals surface area contributed by atoms with Crippen molar-refractivity contribution in [2.45, 2.75) is 50.2 Å². The largest absolute Gasteiger partial charge is 0.387 e. The summed E-state index contributed by atoms with van der Waals surface area (Å²) in [6.45, 7) is 2.13. The second-order valence-electron chi connectivity index (χ2n) is 5.51. The highest BCUT2D eigenvalue weighted by atomic mass is 16.8. The minimum Gasteiger partial charge on any atom is -0.387 e. The van der Waals surface area contributed by atoms with E-state index in [1.54, 1.807) is 6.92 Å². The molecule has 4 unspecified atom stereocenters. The van der Waals surface area contributed by atoms with E-state index < -0.39 is 30.9 Å². The van der Waals surface area contributed by atoms with Crippen molar-refractivity contribution in [3.63, 3.8) is 0 Å². The highest BCUT2D eigenvalue weighted by Gasteiger charge is 2.53. The molecule has 0 aliphatic carbocycles. The summed E-state index contributed by atoms with van der Waals surface area (Å²) in [6, 6.07) is 9.65. The summed E-state index contributed by atoms with van der Waals surface area (Å²) >= 11 is 0. The standard InChI is InChI=1S/C15H18O6/c1-8-18-13-11(16)12-10(20-15(13)19-8)7-17-14(21-12)9-5-3-2-4-6-9/h2-6,8,10-16H,7H2,1H3/t8?,10?,11?,12-,13+,14?,15+/m1/s1. The molecule has 0 aromatic heterocycles. The molecule has 1 aromatic carbocycles. The number of benzene rings is 1. The van der Waals surface area contributed by atoms with Crippen molar-refractivity contribution in [3.8, 4) is 0 Å². The lowest BCUT2D eigenvalue weighted by Gasteiger charge is -2.44. The maximum atomic E-state index is 10.5. The van der Waals surface area contributed by atoms with E-state index in [0.717, 1.165) is 5.56 Å². The Morgan fingerprint density at radius 1 is 1.00 bits per heavy atom. The molecule has 3 aliphatic rings. The van der Waals surface area contributed by atoms with Crippen molar-refractivity contribution in [1.82, 2.24) is 0 Å². The van der Waals surface area contributed by atoms with Crippen LogP contribution in [0.25, 0.3) is 0 Å². The van der Waals surface area contributed by atoms with Crippen LogP contribution in [0.3, 0.4) is 0 Å². The first-order valence-corrected chi connectivity index (χ1v) is 7.19. The predicted octanol–water partition coefficient (Wildman–Crippen LogP) is 0.948. The average molecular weight is 294 g/mol. The normalized spacial score (nSPS) is 45.9. The third-order valence-corrected chi connectivity index (χ3v) is 4.06. The first kappa shape index (κ1) is 13.6. The van der Waals surface area contributed by atoms with Crippen LogP contribution in [0.4, 0.5) is 0 Å². The lowest BCUT2D eigenvalue weighted by atomic mass is 9.98. The summed E-state index contributed by atoms with van der Waals surface area (Å²) in [6.07, 6.45) is -3.60. The molecular formula is C15H18O6. The Morgan fingerprint density at radius 3 is 2.62 bits per heavy atom. The Kier molecular flexibility index (Phi) is 3.45. The molecule has 114 valence electrons. The average Bonchev–Trinajstić information content (AvgIpc) is 2.89. The van der Waals surface area contributed by atoms with Gasteiger partial charge in [0.15, 0.2) is 18.9 Å². The van der Waals surface area contributed by atoms with Crippen LogP contribution in [0.15, 0.2) is 30.3 Å². The Hall–Kier alpha value is -1.02. The summed E-state index contributed by atoms with van der Waals surface area (Å²) in [4.78, 5) is 0. The Labute approximate surface area is 122 Å². The molecule has 4 rings (SSSR count). The lowest BCUT2D eigenvalue weighted by molar-refractivity contribution is -0.338. The van der Waals surface area contributed by atoms with Gasteiger partial charge in [-0.1, -0.05) is 30.3 Å². The van der Waals surface area contributed by atoms with E-state index in [1.807, 2.05) is 30.3 Å². The van der Waals surface area contributed by atoms with Gasteiger partial charge in [-0.25, -0.2) is 0 Å². The second kappa shape index (κ2) is 5.31. The van der Waals surface area contributed by atoms with Gasteiger partial charge < -0.3 is 28.8 Å². The number of rotatable bonds is 1. The van der Waals surface area contributed by atoms with Crippen molar-refractivity contribution in [2.24, 2.45) is 0 Å². The van der Waals surface area contributed by atoms with Crippen LogP contribution in [0.5, 0.6) is 0 Å². The van der Waals surface area contributed by atoms with Crippen LogP contribution < -0.4 is 0 Å². The van der Waals surface area contributed by atoms with Crippen molar-refractivity contribution in [3.05, 3.63) is 35.9 Å². The molecule has 3 aliphatic heterocycles. The lowest BCUT2D eigenvalue weighted by Crippen LogP contribution is -2.60. The molecule has 0 radical (unpaired) electrons. The Balaban J connectivity index is 1.52. The molecule has 0 amide bonds. The van der Waals surface area contributed by atoms with Gasteiger partial charge in [0.25, 0.3) is 0 Å². The topological polar surface area (TPSA) is 66.4 Å². The van der Waals surface area contributed by atoms with Gasteiger partial charge in [-0.05, 0) is 6.92 Å². The van der Waals surface area contributed by atoms with Gasteiger partial charge in [0.05, 0.1) is 6.61 Å². The first-order chi connectivity index (χ1) is 10.2. The van der Waals surface area contributed by atoms with E-state index in [0.29, 0.717) is 6.61 Å². The molecule has 6 nitrogen and oxygen atoms in total. The summed E-state index contributed by atoms with van der Waals surface area (Å²) in [7, 11) is 0. The number of hydrogen-bond donors (Lipinski definition) is 1. The third-order valence-electron chi connectivity index (χ3n) is 4.06. The molecule has 1 aromatic rings. The van der Waals surface area contributed by atoms with Gasteiger partial charge in [-0.15, -0.1) is 0 Å². The van der Waals surface area contributed by atoms with E-state index in [9.17, 15) is 5.11 Å². The molecule has 21 heavy (non-hydrogen) atoms. The highest BCUT2D eigenvalue weighted by molar-refractivity contribution is 5.16. The zero-order valence-corrected chi connectivity index (χ0v) is 11.6. The van der Waals surface area contributed by atoms with Crippen molar-refractivity contribution < 1.29 is 28.8 Å². The number of hydrogen-bond acceptors (Lipinski definition) is 6. The Bertz CT molecular complexity index is 494. The van der Waals surface area contributed by atoms with Gasteiger partial charge in [0, 0.05) is 5.56 Å². The van der Waals surface area contributed by atoms with Crippen molar-refractivity contribution >= 4 is 0 Å². The summed E-state index contributed by atoms with van der Waals surface area (Å²) in [5.41, 5.74) is 0.919. The van der Waals surface area contributed by atoms with E-state index in [2.05, 4.69) is 0 Å². The molecule has 0 spiro atoms. The van der Waals surface area contributed by atoms with Gasteiger partial charge >= 0.3 is 0 Å². The number of aliphatic hydroxyl groups excluding tert-OH is 1. The minimum absolute atomic E-state index is 0.349. The van der Waals surface area contributed by atoms with Gasteiger partial charge in [0.2, 0.25) is 0 Å². The molecule has 3 saturated heterocycles. The monoisotopic (exact) mass is 294 g/mol. The summed E-state index contributed by atoms with van der Waals surface area (Å²) in [5, 5.41) is 10.5. The fourth-order valence-electron chi connectivity index (χ4n) is 3.04. The van der Waals surface area contributed by atoms with Gasteiger partial charge in [0.1, 0.15) is 24.4 Å². The third kappa shape index (κ3) is 2.38. The zero-order valence-electron chi connectivity index (χ0n) is 11.6. The van der Waals surface area contributed by atoms with E-state index in [1.165, 1.54) is 0 Å². The SMILES string of the molecule is CC1O[C@H]2OC3COC(c4ccccc4)O[C@H]3C(O)[C@@H]2O1. The number of fused-ring (bicyclic) bond motifs is 2. The number of ether oxygens (including phenoxy) is 5. The van der Waals surface area contributed by atoms with Crippen LogP contribution in [-0.4, -0.2) is 48.7 Å². The van der Waals surface area contributed by atoms with Crippen LogP contribution >= 0.6 is 0 Å². The van der Waals surface area contributed by atoms with E-state index >= 15 is 0 Å². The van der Waals surface area contributed by atoms with Crippen LogP contribution in [-0.2, 0) is 23.7 Å². The predicted molar refractivity (Wildman–Crippen MR) is 70.1 cm³/mol. The van der Waals surface area contributed by atoms with E-state index in [4.69, 9.17) is 23.7 Å². The molecule has 0 bridgehead atoms. The molecule has 3 fully saturated rings. The minimum atomic E-state index is -0.797. The van der Waals surface area contributed by atoms with E-state index in [-0.39, 0.29) is 12.4 Å². The first-order valence-electron chi connectivity index (χ1n) is 7.19. The quantitative estimate of drug-likeness (QED) is 0.832. The number of aliphatic hydroxyl groups is 1. The zero-order chi connectivity index (χ0) is 14.4. The summed E-state index contributed by atoms with van der Waals surface area (Å²) in [5.74, 6) is 0. The van der Waals surface area contributed by atoms with Crippen LogP contribution in [0, 0.1) is 0 Å². The molecular weight excluding hydrogens is 276 g/mol. The van der Waals surface area contributed by atoms with Crippen molar-refractivity contribution in [1.29, 1.82) is 0 Å². The fraction of sp³-hybridized carbons (Fsp3) is 0.600. The molecule has 7 atom stereocenters. The van der Waals surface area contributed by atoms with Crippen molar-refractivity contribution in [2.75, 3.05) is 6.61 Å². The molecule has 3 heterocycles. The maximum absolute atomic E-state index is 10.5.